The van der Waals surface area contributed by atoms with Crippen molar-refractivity contribution >= 4 is 40.9 Å². The number of anilines is 1. The lowest BCUT2D eigenvalue weighted by atomic mass is 10.1. The lowest BCUT2D eigenvalue weighted by molar-refractivity contribution is -0.870. The summed E-state index contributed by atoms with van der Waals surface area (Å²) < 4.78 is 63.0. The molecule has 0 heterocycles. The number of carbonyl (C=O) groups is 1. The maximum atomic E-state index is 12.8. The van der Waals surface area contributed by atoms with Gasteiger partial charge in [0.2, 0.25) is 10.0 Å². The molecule has 0 aromatic heterocycles. The standard InChI is InChI=1S/C43H74N5O9PS/c1-7-8-9-10-14-17-20-23-43(49)57-41(37-56-58(50,51)55-35-33-48(4,5)6)36-54-34-22-19-16-13-11-12-15-18-21-32-44-59(52,53)42-30-26-39(27-31-42)46-45-38-24-28-40(29-25-38)47(2)3/h24-31,41,44H,7-23,32-37H2,1-6H3/p+1/t41-/m1/s1. The van der Waals surface area contributed by atoms with E-state index in [0.717, 1.165) is 82.7 Å². The number of quaternary nitrogens is 1. The molecular formula is C43H75N5O9PS+. The van der Waals surface area contributed by atoms with Gasteiger partial charge in [0.05, 0.1) is 50.6 Å². The van der Waals surface area contributed by atoms with Crippen LogP contribution in [0.3, 0.4) is 0 Å². The third kappa shape index (κ3) is 26.3. The predicted octanol–water partition coefficient (Wildman–Crippen LogP) is 9.87. The summed E-state index contributed by atoms with van der Waals surface area (Å²) in [5.74, 6) is -0.361. The summed E-state index contributed by atoms with van der Waals surface area (Å²) in [5.41, 5.74) is 2.36. The van der Waals surface area contributed by atoms with Crippen LogP contribution in [0.5, 0.6) is 0 Å². The topological polar surface area (TPSA) is 165 Å². The number of rotatable bonds is 35. The molecule has 59 heavy (non-hydrogen) atoms. The van der Waals surface area contributed by atoms with E-state index < -0.39 is 23.9 Å². The predicted molar refractivity (Wildman–Crippen MR) is 236 cm³/mol. The number of sulfonamides is 1. The van der Waals surface area contributed by atoms with Gasteiger partial charge in [0.1, 0.15) is 19.3 Å². The number of likely N-dealkylation sites (N-methyl/N-ethyl adjacent to an activating group) is 1. The zero-order valence-corrected chi connectivity index (χ0v) is 38.5. The highest BCUT2D eigenvalue weighted by atomic mass is 32.2. The second kappa shape index (κ2) is 29.5. The molecule has 16 heteroatoms. The average Bonchev–Trinajstić information content (AvgIpc) is 3.18. The Morgan fingerprint density at radius 1 is 0.746 bits per heavy atom. The second-order valence-corrected chi connectivity index (χ2v) is 19.6. The normalized spacial score (nSPS) is 13.7. The zero-order chi connectivity index (χ0) is 43.4. The van der Waals surface area contributed by atoms with Crippen LogP contribution >= 0.6 is 7.82 Å². The summed E-state index contributed by atoms with van der Waals surface area (Å²) in [7, 11) is 1.90. The molecule has 0 bridgehead atoms. The summed E-state index contributed by atoms with van der Waals surface area (Å²) in [6.45, 7) is 3.44. The summed E-state index contributed by atoms with van der Waals surface area (Å²) >= 11 is 0. The Balaban J connectivity index is 1.58. The first kappa shape index (κ1) is 52.4. The molecule has 2 aromatic carbocycles. The molecule has 1 unspecified atom stereocenters. The number of hydrogen-bond donors (Lipinski definition) is 2. The van der Waals surface area contributed by atoms with Gasteiger partial charge in [-0.25, -0.2) is 17.7 Å². The van der Waals surface area contributed by atoms with Crippen LogP contribution in [0.25, 0.3) is 0 Å². The largest absolute Gasteiger partial charge is 0.472 e. The Kier molecular flexibility index (Phi) is 26.2. The number of nitrogens with zero attached hydrogens (tertiary/aromatic N) is 4. The molecule has 0 aliphatic carbocycles. The quantitative estimate of drug-likeness (QED) is 0.0224. The fourth-order valence-corrected chi connectivity index (χ4v) is 7.74. The molecule has 0 saturated heterocycles. The van der Waals surface area contributed by atoms with Gasteiger partial charge in [-0.1, -0.05) is 90.4 Å². The average molecular weight is 869 g/mol. The highest BCUT2D eigenvalue weighted by Crippen LogP contribution is 2.43. The Bertz CT molecular complexity index is 1600. The van der Waals surface area contributed by atoms with Crippen LogP contribution in [-0.2, 0) is 37.9 Å². The highest BCUT2D eigenvalue weighted by Gasteiger charge is 2.26. The molecule has 0 spiro atoms. The van der Waals surface area contributed by atoms with Crippen molar-refractivity contribution < 1.29 is 45.7 Å². The van der Waals surface area contributed by atoms with E-state index in [-0.39, 0.29) is 30.7 Å². The van der Waals surface area contributed by atoms with Gasteiger partial charge in [-0.05, 0) is 67.8 Å². The SMILES string of the molecule is CCCCCCCCCC(=O)O[C@H](COCCCCCCCCCCCNS(=O)(=O)c1ccc(N=Nc2ccc(N(C)C)cc2)cc1)COP(=O)(O)OCC[N+](C)(C)C. The summed E-state index contributed by atoms with van der Waals surface area (Å²) in [6, 6.07) is 14.1. The van der Waals surface area contributed by atoms with Crippen LogP contribution in [0, 0.1) is 0 Å². The number of phosphoric acid groups is 1. The van der Waals surface area contributed by atoms with Gasteiger partial charge < -0.3 is 23.8 Å². The molecule has 336 valence electrons. The molecular weight excluding hydrogens is 794 g/mol. The van der Waals surface area contributed by atoms with Crippen molar-refractivity contribution in [3.8, 4) is 0 Å². The number of azo groups is 1. The molecule has 0 aliphatic heterocycles. The first-order valence-corrected chi connectivity index (χ1v) is 24.6. The first-order chi connectivity index (χ1) is 28.1. The Hall–Kier alpha value is -2.75. The maximum Gasteiger partial charge on any atom is 0.472 e. The van der Waals surface area contributed by atoms with E-state index in [1.54, 1.807) is 24.3 Å². The Labute approximate surface area is 355 Å². The van der Waals surface area contributed by atoms with E-state index >= 15 is 0 Å². The van der Waals surface area contributed by atoms with Crippen LogP contribution in [-0.4, -0.2) is 105 Å². The van der Waals surface area contributed by atoms with Gasteiger partial charge in [0.15, 0.2) is 0 Å². The van der Waals surface area contributed by atoms with Crippen molar-refractivity contribution in [2.45, 2.75) is 127 Å². The number of unbranched alkanes of at least 4 members (excludes halogenated alkanes) is 14. The molecule has 0 amide bonds. The third-order valence-electron chi connectivity index (χ3n) is 9.58. The molecule has 2 aromatic rings. The van der Waals surface area contributed by atoms with Crippen molar-refractivity contribution in [3.05, 3.63) is 48.5 Å². The number of nitrogens with one attached hydrogen (secondary N) is 1. The van der Waals surface area contributed by atoms with Crippen molar-refractivity contribution in [1.29, 1.82) is 0 Å². The van der Waals surface area contributed by atoms with E-state index in [4.69, 9.17) is 18.5 Å². The summed E-state index contributed by atoms with van der Waals surface area (Å²) in [4.78, 5) is 24.9. The van der Waals surface area contributed by atoms with Gasteiger partial charge in [-0.15, -0.1) is 0 Å². The Morgan fingerprint density at radius 2 is 1.27 bits per heavy atom. The second-order valence-electron chi connectivity index (χ2n) is 16.4. The summed E-state index contributed by atoms with van der Waals surface area (Å²) in [5, 5.41) is 8.46. The van der Waals surface area contributed by atoms with E-state index in [2.05, 4.69) is 21.9 Å². The van der Waals surface area contributed by atoms with Gasteiger partial charge in [0, 0.05) is 39.4 Å². The monoisotopic (exact) mass is 869 g/mol. The minimum atomic E-state index is -4.31. The lowest BCUT2D eigenvalue weighted by Crippen LogP contribution is -2.37. The Morgan fingerprint density at radius 3 is 1.83 bits per heavy atom. The number of hydrogen-bond acceptors (Lipinski definition) is 11. The molecule has 2 N–H and O–H groups in total. The molecule has 14 nitrogen and oxygen atoms in total. The number of benzene rings is 2. The number of carbonyl (C=O) groups excluding carboxylic acids is 1. The van der Waals surface area contributed by atoms with E-state index in [1.807, 2.05) is 64.4 Å². The fourth-order valence-electron chi connectivity index (χ4n) is 5.93. The van der Waals surface area contributed by atoms with Crippen LogP contribution < -0.4 is 9.62 Å². The van der Waals surface area contributed by atoms with Crippen LogP contribution in [0.2, 0.25) is 0 Å². The van der Waals surface area contributed by atoms with E-state index in [1.165, 1.54) is 25.7 Å². The van der Waals surface area contributed by atoms with Gasteiger partial charge >= 0.3 is 13.8 Å². The highest BCUT2D eigenvalue weighted by molar-refractivity contribution is 7.89. The van der Waals surface area contributed by atoms with Crippen LogP contribution in [0.4, 0.5) is 17.1 Å². The fraction of sp³-hybridized carbons (Fsp3) is 0.698. The molecule has 2 rings (SSSR count). The smallest absolute Gasteiger partial charge is 0.457 e. The molecule has 0 radical (unpaired) electrons. The van der Waals surface area contributed by atoms with Gasteiger partial charge in [0.25, 0.3) is 0 Å². The minimum Gasteiger partial charge on any atom is -0.457 e. The van der Waals surface area contributed by atoms with E-state index in [0.29, 0.717) is 42.0 Å². The lowest BCUT2D eigenvalue weighted by Gasteiger charge is -2.24. The minimum absolute atomic E-state index is 0.0572. The van der Waals surface area contributed by atoms with E-state index in [9.17, 15) is 22.7 Å². The molecule has 0 fully saturated rings. The van der Waals surface area contributed by atoms with Crippen LogP contribution in [0.1, 0.15) is 116 Å². The molecule has 0 saturated carbocycles. The summed E-state index contributed by atoms with van der Waals surface area (Å²) in [6.07, 6.45) is 16.1. The number of esters is 1. The number of phosphoric ester groups is 1. The van der Waals surface area contributed by atoms with Crippen LogP contribution in [0.15, 0.2) is 63.7 Å². The third-order valence-corrected chi connectivity index (χ3v) is 12.0. The first-order valence-electron chi connectivity index (χ1n) is 21.6. The van der Waals surface area contributed by atoms with Crippen molar-refractivity contribution in [3.63, 3.8) is 0 Å². The molecule has 2 atom stereocenters. The van der Waals surface area contributed by atoms with Crippen molar-refractivity contribution in [2.75, 3.05) is 79.7 Å². The van der Waals surface area contributed by atoms with Gasteiger partial charge in [-0.3, -0.25) is 13.8 Å². The van der Waals surface area contributed by atoms with Crippen molar-refractivity contribution in [2.24, 2.45) is 10.2 Å². The number of ether oxygens (including phenoxy) is 2. The molecule has 0 aliphatic rings. The van der Waals surface area contributed by atoms with Crippen molar-refractivity contribution in [1.82, 2.24) is 4.72 Å². The maximum absolute atomic E-state index is 12.8. The van der Waals surface area contributed by atoms with Gasteiger partial charge in [-0.2, -0.15) is 10.2 Å². The zero-order valence-electron chi connectivity index (χ0n) is 36.8.